The predicted octanol–water partition coefficient (Wildman–Crippen LogP) is 7.68. The second kappa shape index (κ2) is 12.4. The fourth-order valence-electron chi connectivity index (χ4n) is 6.39. The molecule has 8 rings (SSSR count). The quantitative estimate of drug-likeness (QED) is 0.180. The van der Waals surface area contributed by atoms with Gasteiger partial charge in [-0.25, -0.2) is 9.37 Å². The SMILES string of the molecule is O=C(NC1=NCCS1)c1ccc(-c2cnc3ccc(-c4cnn(C(c5ccccc5)(c5ccccc5)c5ccccc5)c4)cn23)cc1F. The van der Waals surface area contributed by atoms with Crippen molar-refractivity contribution in [1.82, 2.24) is 24.5 Å². The summed E-state index contributed by atoms with van der Waals surface area (Å²) in [5, 5.41) is 8.23. The molecule has 0 fully saturated rings. The zero-order valence-electron chi connectivity index (χ0n) is 25.7. The Morgan fingerprint density at radius 2 is 1.40 bits per heavy atom. The summed E-state index contributed by atoms with van der Waals surface area (Å²) in [5.41, 5.74) is 6.33. The first-order valence-electron chi connectivity index (χ1n) is 15.6. The highest BCUT2D eigenvalue weighted by atomic mass is 32.2. The number of rotatable bonds is 7. The molecule has 0 bridgehead atoms. The normalized spacial score (nSPS) is 13.1. The van der Waals surface area contributed by atoms with Crippen molar-refractivity contribution in [3.05, 3.63) is 174 Å². The molecule has 0 spiro atoms. The Morgan fingerprint density at radius 3 is 2.00 bits per heavy atom. The van der Waals surface area contributed by atoms with Gasteiger partial charge in [-0.2, -0.15) is 5.10 Å². The molecule has 0 atom stereocenters. The first-order chi connectivity index (χ1) is 23.6. The second-order valence-corrected chi connectivity index (χ2v) is 12.5. The van der Waals surface area contributed by atoms with E-state index >= 15 is 4.39 Å². The number of halogens is 1. The van der Waals surface area contributed by atoms with Crippen molar-refractivity contribution in [2.24, 2.45) is 4.99 Å². The van der Waals surface area contributed by atoms with E-state index in [0.29, 0.717) is 28.6 Å². The average Bonchev–Trinajstić information content (AvgIpc) is 3.92. The van der Waals surface area contributed by atoms with E-state index in [-0.39, 0.29) is 5.56 Å². The van der Waals surface area contributed by atoms with E-state index in [4.69, 9.17) is 5.10 Å². The highest BCUT2D eigenvalue weighted by molar-refractivity contribution is 8.14. The minimum Gasteiger partial charge on any atom is -0.301 e. The lowest BCUT2D eigenvalue weighted by Gasteiger charge is -2.36. The third-order valence-corrected chi connectivity index (χ3v) is 9.55. The van der Waals surface area contributed by atoms with Gasteiger partial charge in [-0.1, -0.05) is 109 Å². The molecule has 9 heteroatoms. The minimum absolute atomic E-state index is 0.0328. The maximum atomic E-state index is 15.3. The van der Waals surface area contributed by atoms with Crippen LogP contribution in [0.1, 0.15) is 27.0 Å². The van der Waals surface area contributed by atoms with Crippen LogP contribution >= 0.6 is 11.8 Å². The topological polar surface area (TPSA) is 76.6 Å². The molecule has 0 unspecified atom stereocenters. The lowest BCUT2D eigenvalue weighted by Crippen LogP contribution is -2.38. The standard InChI is InChI=1S/C39H29FN6OS/c40-34-22-27(16-18-33(34)37(47)44-38-41-20-21-48-38)35-24-42-36-19-17-28(25-45(35)36)29-23-43-46(26-29)39(30-10-4-1-5-11-30,31-12-6-2-7-13-31)32-14-8-3-9-15-32/h1-19,22-26H,20-21H2,(H,41,44,47). The number of amidine groups is 1. The predicted molar refractivity (Wildman–Crippen MR) is 189 cm³/mol. The first-order valence-corrected chi connectivity index (χ1v) is 16.6. The summed E-state index contributed by atoms with van der Waals surface area (Å²) in [6.45, 7) is 0.646. The number of amides is 1. The summed E-state index contributed by atoms with van der Waals surface area (Å²) in [5.74, 6) is -0.315. The van der Waals surface area contributed by atoms with Crippen LogP contribution in [0, 0.1) is 5.82 Å². The monoisotopic (exact) mass is 648 g/mol. The fraction of sp³-hybridized carbons (Fsp3) is 0.0769. The smallest absolute Gasteiger partial charge is 0.260 e. The number of thioether (sulfide) groups is 1. The van der Waals surface area contributed by atoms with Gasteiger partial charge >= 0.3 is 0 Å². The number of nitrogens with zero attached hydrogens (tertiary/aromatic N) is 5. The van der Waals surface area contributed by atoms with Crippen LogP contribution in [0.2, 0.25) is 0 Å². The van der Waals surface area contributed by atoms with Gasteiger partial charge in [-0.15, -0.1) is 0 Å². The van der Waals surface area contributed by atoms with Crippen LogP contribution in [-0.4, -0.2) is 42.5 Å². The van der Waals surface area contributed by atoms with Crippen molar-refractivity contribution in [3.8, 4) is 22.4 Å². The molecule has 0 radical (unpaired) electrons. The van der Waals surface area contributed by atoms with Crippen LogP contribution in [0.5, 0.6) is 0 Å². The number of aromatic nitrogens is 4. The number of fused-ring (bicyclic) bond motifs is 1. The minimum atomic E-state index is -0.735. The number of benzene rings is 4. The molecule has 1 amide bonds. The zero-order valence-corrected chi connectivity index (χ0v) is 26.5. The Hall–Kier alpha value is -5.80. The lowest BCUT2D eigenvalue weighted by molar-refractivity contribution is 0.0974. The Morgan fingerprint density at radius 1 is 0.750 bits per heavy atom. The van der Waals surface area contributed by atoms with Crippen molar-refractivity contribution in [2.75, 3.05) is 12.3 Å². The molecule has 4 aromatic carbocycles. The molecule has 0 saturated heterocycles. The van der Waals surface area contributed by atoms with E-state index in [9.17, 15) is 4.79 Å². The second-order valence-electron chi connectivity index (χ2n) is 11.5. The summed E-state index contributed by atoms with van der Waals surface area (Å²) in [6, 6.07) is 39.8. The van der Waals surface area contributed by atoms with E-state index in [1.165, 1.54) is 23.9 Å². The van der Waals surface area contributed by atoms with E-state index in [2.05, 4.69) is 94.3 Å². The number of imidazole rings is 1. The van der Waals surface area contributed by atoms with Gasteiger partial charge < -0.3 is 5.32 Å². The summed E-state index contributed by atoms with van der Waals surface area (Å²) < 4.78 is 19.3. The number of hydrogen-bond acceptors (Lipinski definition) is 5. The highest BCUT2D eigenvalue weighted by Crippen LogP contribution is 2.41. The zero-order chi connectivity index (χ0) is 32.5. The molecular formula is C39H29FN6OS. The van der Waals surface area contributed by atoms with E-state index in [1.54, 1.807) is 12.3 Å². The Balaban J connectivity index is 1.20. The molecule has 7 nitrogen and oxygen atoms in total. The largest absolute Gasteiger partial charge is 0.301 e. The molecule has 234 valence electrons. The molecular weight excluding hydrogens is 620 g/mol. The molecule has 1 aliphatic heterocycles. The van der Waals surface area contributed by atoms with Crippen molar-refractivity contribution in [3.63, 3.8) is 0 Å². The summed E-state index contributed by atoms with van der Waals surface area (Å²) in [6.07, 6.45) is 7.65. The number of nitrogens with one attached hydrogen (secondary N) is 1. The Bertz CT molecular complexity index is 2190. The molecule has 7 aromatic rings. The van der Waals surface area contributed by atoms with Crippen LogP contribution in [0.25, 0.3) is 28.0 Å². The summed E-state index contributed by atoms with van der Waals surface area (Å²) >= 11 is 1.45. The molecule has 1 N–H and O–H groups in total. The van der Waals surface area contributed by atoms with Gasteiger partial charge in [0.05, 0.1) is 30.2 Å². The van der Waals surface area contributed by atoms with E-state index in [1.807, 2.05) is 51.8 Å². The van der Waals surface area contributed by atoms with Gasteiger partial charge in [0.1, 0.15) is 17.0 Å². The van der Waals surface area contributed by atoms with Gasteiger partial charge in [-0.05, 0) is 41.0 Å². The Kier molecular flexibility index (Phi) is 7.66. The number of carbonyl (C=O) groups excluding carboxylic acids is 1. The van der Waals surface area contributed by atoms with Crippen molar-refractivity contribution < 1.29 is 9.18 Å². The molecule has 1 aliphatic rings. The number of carbonyl (C=O) groups is 1. The van der Waals surface area contributed by atoms with Crippen LogP contribution in [0.15, 0.2) is 151 Å². The van der Waals surface area contributed by atoms with E-state index in [0.717, 1.165) is 33.6 Å². The number of aliphatic imine (C=N–C) groups is 1. The van der Waals surface area contributed by atoms with Crippen LogP contribution in [0.3, 0.4) is 0 Å². The molecule has 0 saturated carbocycles. The maximum absolute atomic E-state index is 15.3. The fourth-order valence-corrected chi connectivity index (χ4v) is 7.11. The number of pyridine rings is 1. The maximum Gasteiger partial charge on any atom is 0.260 e. The summed E-state index contributed by atoms with van der Waals surface area (Å²) in [4.78, 5) is 21.5. The van der Waals surface area contributed by atoms with Gasteiger partial charge in [0.15, 0.2) is 5.17 Å². The van der Waals surface area contributed by atoms with E-state index < -0.39 is 17.3 Å². The van der Waals surface area contributed by atoms with Gasteiger partial charge in [0.25, 0.3) is 5.91 Å². The van der Waals surface area contributed by atoms with Gasteiger partial charge in [0, 0.05) is 34.8 Å². The van der Waals surface area contributed by atoms with Crippen LogP contribution < -0.4 is 5.32 Å². The van der Waals surface area contributed by atoms with Gasteiger partial charge in [-0.3, -0.25) is 18.9 Å². The lowest BCUT2D eigenvalue weighted by atomic mass is 9.77. The number of hydrogen-bond donors (Lipinski definition) is 1. The highest BCUT2D eigenvalue weighted by Gasteiger charge is 2.39. The first kappa shape index (κ1) is 29.6. The Labute approximate surface area is 280 Å². The van der Waals surface area contributed by atoms with Crippen LogP contribution in [0.4, 0.5) is 4.39 Å². The van der Waals surface area contributed by atoms with Gasteiger partial charge in [0.2, 0.25) is 0 Å². The molecule has 4 heterocycles. The van der Waals surface area contributed by atoms with Crippen LogP contribution in [-0.2, 0) is 5.54 Å². The molecule has 48 heavy (non-hydrogen) atoms. The van der Waals surface area contributed by atoms with Crippen molar-refractivity contribution in [1.29, 1.82) is 0 Å². The third kappa shape index (κ3) is 5.18. The summed E-state index contributed by atoms with van der Waals surface area (Å²) in [7, 11) is 0. The van der Waals surface area contributed by atoms with Crippen molar-refractivity contribution >= 4 is 28.5 Å². The van der Waals surface area contributed by atoms with Crippen molar-refractivity contribution in [2.45, 2.75) is 5.54 Å². The average molecular weight is 649 g/mol. The molecule has 3 aromatic heterocycles. The third-order valence-electron chi connectivity index (χ3n) is 8.66. The molecule has 0 aliphatic carbocycles.